The zero-order chi connectivity index (χ0) is 19.8. The number of methoxy groups -OCH3 is 4. The Morgan fingerprint density at radius 3 is 1.96 bits per heavy atom. The molecule has 0 spiro atoms. The second-order valence-corrected chi connectivity index (χ2v) is 5.36. The lowest BCUT2D eigenvalue weighted by molar-refractivity contribution is -0.136. The highest BCUT2D eigenvalue weighted by atomic mass is 16.5. The zero-order valence-electron chi connectivity index (χ0n) is 15.6. The number of rotatable bonds is 7. The summed E-state index contributed by atoms with van der Waals surface area (Å²) in [5, 5.41) is 5.06. The topological polar surface area (TPSA) is 95.1 Å². The second kappa shape index (κ2) is 9.33. The molecule has 0 aromatic heterocycles. The maximum atomic E-state index is 12.2. The SMILES string of the molecule is COc1ccccc1CNC(=O)C(=O)Nc1cc(OC)c(OC)c(OC)c1. The third-order valence-corrected chi connectivity index (χ3v) is 3.76. The zero-order valence-corrected chi connectivity index (χ0v) is 15.6. The van der Waals surface area contributed by atoms with Crippen molar-refractivity contribution in [3.05, 3.63) is 42.0 Å². The maximum absolute atomic E-state index is 12.2. The standard InChI is InChI=1S/C19H22N2O6/c1-24-14-8-6-5-7-12(14)11-20-18(22)19(23)21-13-9-15(25-2)17(27-4)16(10-13)26-3/h5-10H,11H2,1-4H3,(H,20,22)(H,21,23). The van der Waals surface area contributed by atoms with Gasteiger partial charge in [-0.3, -0.25) is 9.59 Å². The predicted molar refractivity (Wildman–Crippen MR) is 99.6 cm³/mol. The van der Waals surface area contributed by atoms with E-state index in [-0.39, 0.29) is 6.54 Å². The van der Waals surface area contributed by atoms with Gasteiger partial charge < -0.3 is 29.6 Å². The molecule has 0 aliphatic carbocycles. The molecule has 2 rings (SSSR count). The molecular formula is C19H22N2O6. The Kier molecular flexibility index (Phi) is 6.87. The minimum Gasteiger partial charge on any atom is -0.496 e. The fourth-order valence-electron chi connectivity index (χ4n) is 2.45. The summed E-state index contributed by atoms with van der Waals surface area (Å²) >= 11 is 0. The fraction of sp³-hybridized carbons (Fsp3) is 0.263. The van der Waals surface area contributed by atoms with Gasteiger partial charge in [0.1, 0.15) is 5.75 Å². The van der Waals surface area contributed by atoms with Gasteiger partial charge in [-0.15, -0.1) is 0 Å². The summed E-state index contributed by atoms with van der Waals surface area (Å²) < 4.78 is 20.9. The molecule has 2 amide bonds. The Labute approximate surface area is 157 Å². The molecule has 0 unspecified atom stereocenters. The molecule has 0 fully saturated rings. The van der Waals surface area contributed by atoms with Crippen molar-refractivity contribution < 1.29 is 28.5 Å². The van der Waals surface area contributed by atoms with Crippen LogP contribution in [-0.4, -0.2) is 40.3 Å². The largest absolute Gasteiger partial charge is 0.496 e. The highest BCUT2D eigenvalue weighted by Crippen LogP contribution is 2.39. The van der Waals surface area contributed by atoms with Crippen LogP contribution in [0.2, 0.25) is 0 Å². The van der Waals surface area contributed by atoms with Crippen molar-refractivity contribution in [3.8, 4) is 23.0 Å². The van der Waals surface area contributed by atoms with Crippen LogP contribution in [0.3, 0.4) is 0 Å². The van der Waals surface area contributed by atoms with Crippen LogP contribution in [0.4, 0.5) is 5.69 Å². The van der Waals surface area contributed by atoms with Crippen molar-refractivity contribution >= 4 is 17.5 Å². The third kappa shape index (κ3) is 4.81. The van der Waals surface area contributed by atoms with Gasteiger partial charge in [-0.25, -0.2) is 0 Å². The predicted octanol–water partition coefficient (Wildman–Crippen LogP) is 1.98. The van der Waals surface area contributed by atoms with Gasteiger partial charge in [0, 0.05) is 29.9 Å². The van der Waals surface area contributed by atoms with Gasteiger partial charge in [0.25, 0.3) is 0 Å². The van der Waals surface area contributed by atoms with Gasteiger partial charge in [-0.2, -0.15) is 0 Å². The van der Waals surface area contributed by atoms with Gasteiger partial charge in [0.05, 0.1) is 28.4 Å². The van der Waals surface area contributed by atoms with E-state index in [1.165, 1.54) is 40.6 Å². The number of ether oxygens (including phenoxy) is 4. The fourth-order valence-corrected chi connectivity index (χ4v) is 2.45. The Hall–Kier alpha value is -3.42. The van der Waals surface area contributed by atoms with Crippen LogP contribution in [0.1, 0.15) is 5.56 Å². The van der Waals surface area contributed by atoms with Crippen LogP contribution in [0.15, 0.2) is 36.4 Å². The highest BCUT2D eigenvalue weighted by Gasteiger charge is 2.18. The number of benzene rings is 2. The van der Waals surface area contributed by atoms with E-state index in [4.69, 9.17) is 18.9 Å². The van der Waals surface area contributed by atoms with Gasteiger partial charge in [-0.1, -0.05) is 18.2 Å². The van der Waals surface area contributed by atoms with E-state index >= 15 is 0 Å². The van der Waals surface area contributed by atoms with E-state index < -0.39 is 11.8 Å². The Balaban J connectivity index is 2.07. The monoisotopic (exact) mass is 374 g/mol. The number of carbonyl (C=O) groups is 2. The molecule has 0 atom stereocenters. The molecule has 0 bridgehead atoms. The molecule has 0 saturated carbocycles. The molecule has 27 heavy (non-hydrogen) atoms. The minimum absolute atomic E-state index is 0.158. The molecule has 2 N–H and O–H groups in total. The Morgan fingerprint density at radius 2 is 1.41 bits per heavy atom. The van der Waals surface area contributed by atoms with Gasteiger partial charge in [0.2, 0.25) is 5.75 Å². The number of hydrogen-bond donors (Lipinski definition) is 2. The molecule has 8 heteroatoms. The quantitative estimate of drug-likeness (QED) is 0.720. The van der Waals surface area contributed by atoms with Crippen molar-refractivity contribution in [3.63, 3.8) is 0 Å². The minimum atomic E-state index is -0.820. The first-order chi connectivity index (χ1) is 13.0. The molecule has 2 aromatic rings. The van der Waals surface area contributed by atoms with Crippen LogP contribution in [0, 0.1) is 0 Å². The molecule has 0 aliphatic heterocycles. The molecule has 144 valence electrons. The smallest absolute Gasteiger partial charge is 0.313 e. The summed E-state index contributed by atoms with van der Waals surface area (Å²) in [4.78, 5) is 24.3. The van der Waals surface area contributed by atoms with E-state index in [0.717, 1.165) is 5.56 Å². The molecule has 8 nitrogen and oxygen atoms in total. The van der Waals surface area contributed by atoms with E-state index in [1.807, 2.05) is 12.1 Å². The molecule has 0 heterocycles. The summed E-state index contributed by atoms with van der Waals surface area (Å²) in [6.07, 6.45) is 0. The lowest BCUT2D eigenvalue weighted by Crippen LogP contribution is -2.35. The second-order valence-electron chi connectivity index (χ2n) is 5.36. The van der Waals surface area contributed by atoms with Crippen LogP contribution in [0.25, 0.3) is 0 Å². The summed E-state index contributed by atoms with van der Waals surface area (Å²) in [7, 11) is 5.94. The number of amides is 2. The summed E-state index contributed by atoms with van der Waals surface area (Å²) in [5.74, 6) is 0.137. The van der Waals surface area contributed by atoms with Crippen molar-refractivity contribution in [1.29, 1.82) is 0 Å². The summed E-state index contributed by atoms with van der Waals surface area (Å²) in [6, 6.07) is 10.3. The Morgan fingerprint density at radius 1 is 0.815 bits per heavy atom. The van der Waals surface area contributed by atoms with E-state index in [1.54, 1.807) is 12.1 Å². The Bertz CT molecular complexity index is 797. The van der Waals surface area contributed by atoms with E-state index in [0.29, 0.717) is 28.7 Å². The lowest BCUT2D eigenvalue weighted by atomic mass is 10.2. The van der Waals surface area contributed by atoms with Crippen molar-refractivity contribution in [2.45, 2.75) is 6.54 Å². The van der Waals surface area contributed by atoms with E-state index in [9.17, 15) is 9.59 Å². The number of nitrogens with one attached hydrogen (secondary N) is 2. The maximum Gasteiger partial charge on any atom is 0.313 e. The van der Waals surface area contributed by atoms with E-state index in [2.05, 4.69) is 10.6 Å². The first-order valence-corrected chi connectivity index (χ1v) is 8.05. The average molecular weight is 374 g/mol. The third-order valence-electron chi connectivity index (χ3n) is 3.76. The summed E-state index contributed by atoms with van der Waals surface area (Å²) in [6.45, 7) is 0.158. The molecule has 2 aromatic carbocycles. The highest BCUT2D eigenvalue weighted by molar-refractivity contribution is 6.39. The number of para-hydroxylation sites is 1. The first kappa shape index (κ1) is 19.9. The van der Waals surface area contributed by atoms with Gasteiger partial charge >= 0.3 is 11.8 Å². The van der Waals surface area contributed by atoms with Crippen LogP contribution >= 0.6 is 0 Å². The van der Waals surface area contributed by atoms with Crippen molar-refractivity contribution in [2.75, 3.05) is 33.8 Å². The number of carbonyl (C=O) groups excluding carboxylic acids is 2. The molecule has 0 saturated heterocycles. The normalized spacial score (nSPS) is 9.93. The molecular weight excluding hydrogens is 352 g/mol. The number of hydrogen-bond acceptors (Lipinski definition) is 6. The van der Waals surface area contributed by atoms with Crippen LogP contribution in [-0.2, 0) is 16.1 Å². The van der Waals surface area contributed by atoms with Gasteiger partial charge in [0.15, 0.2) is 11.5 Å². The lowest BCUT2D eigenvalue weighted by Gasteiger charge is -2.14. The number of anilines is 1. The van der Waals surface area contributed by atoms with Crippen molar-refractivity contribution in [2.24, 2.45) is 0 Å². The average Bonchev–Trinajstić information content (AvgIpc) is 2.71. The van der Waals surface area contributed by atoms with Crippen LogP contribution < -0.4 is 29.6 Å². The van der Waals surface area contributed by atoms with Crippen LogP contribution in [0.5, 0.6) is 23.0 Å². The van der Waals surface area contributed by atoms with Crippen molar-refractivity contribution in [1.82, 2.24) is 5.32 Å². The first-order valence-electron chi connectivity index (χ1n) is 8.05. The molecule has 0 aliphatic rings. The summed E-state index contributed by atoms with van der Waals surface area (Å²) in [5.41, 5.74) is 1.09. The van der Waals surface area contributed by atoms with Gasteiger partial charge in [-0.05, 0) is 6.07 Å². The molecule has 0 radical (unpaired) electrons.